The Morgan fingerprint density at radius 2 is 2.12 bits per heavy atom. The third-order valence-electron chi connectivity index (χ3n) is 3.16. The average Bonchev–Trinajstić information content (AvgIpc) is 2.56. The minimum absolute atomic E-state index is 0.0687. The molecule has 1 amide bonds. The lowest BCUT2D eigenvalue weighted by Gasteiger charge is -2.08. The zero-order chi connectivity index (χ0) is 18.2. The Balaban J connectivity index is 1.91. The molecule has 0 aliphatic heterocycles. The minimum Gasteiger partial charge on any atom is -0.488 e. The molecule has 134 valence electrons. The highest BCUT2D eigenvalue weighted by atomic mass is 35.5. The van der Waals surface area contributed by atoms with E-state index in [9.17, 15) is 13.8 Å². The van der Waals surface area contributed by atoms with E-state index in [2.05, 4.69) is 10.3 Å². The van der Waals surface area contributed by atoms with Crippen LogP contribution in [0.25, 0.3) is 0 Å². The minimum atomic E-state index is -1.47. The molecule has 1 unspecified atom stereocenters. The predicted octanol–water partition coefficient (Wildman–Crippen LogP) is 2.70. The molecule has 0 saturated heterocycles. The first-order chi connectivity index (χ1) is 12.0. The molecule has 0 aliphatic carbocycles. The number of aromatic amines is 1. The van der Waals surface area contributed by atoms with Crippen molar-refractivity contribution in [3.05, 3.63) is 57.5 Å². The predicted molar refractivity (Wildman–Crippen MR) is 99.6 cm³/mol. The van der Waals surface area contributed by atoms with Crippen LogP contribution in [0.3, 0.4) is 0 Å². The molecule has 0 fully saturated rings. The van der Waals surface area contributed by atoms with Crippen molar-refractivity contribution in [3.8, 4) is 5.75 Å². The lowest BCUT2D eigenvalue weighted by atomic mass is 10.3. The summed E-state index contributed by atoms with van der Waals surface area (Å²) in [6, 6.07) is 8.15. The number of carbonyl (C=O) groups is 1. The molecule has 1 aromatic heterocycles. The molecular weight excluding hydrogens is 364 g/mol. The standard InChI is InChI=1S/C17H19ClN2O4S/c1-2-7-24-16-9-19-12(8-15(16)21)10-25(23)11-17(22)20-14-6-4-3-5-13(14)18/h3-6,8-9H,2,7,10-11H2,1H3,(H,19,21)(H,20,22). The number of aromatic nitrogens is 1. The molecule has 25 heavy (non-hydrogen) atoms. The summed E-state index contributed by atoms with van der Waals surface area (Å²) in [4.78, 5) is 26.7. The third-order valence-corrected chi connectivity index (χ3v) is 4.70. The van der Waals surface area contributed by atoms with Gasteiger partial charge in [-0.2, -0.15) is 0 Å². The van der Waals surface area contributed by atoms with Crippen LogP contribution in [0, 0.1) is 0 Å². The van der Waals surface area contributed by atoms with Gasteiger partial charge in [0, 0.05) is 28.8 Å². The van der Waals surface area contributed by atoms with Gasteiger partial charge in [0.25, 0.3) is 0 Å². The van der Waals surface area contributed by atoms with Gasteiger partial charge in [-0.1, -0.05) is 30.7 Å². The van der Waals surface area contributed by atoms with E-state index in [4.69, 9.17) is 16.3 Å². The van der Waals surface area contributed by atoms with E-state index in [0.717, 1.165) is 6.42 Å². The van der Waals surface area contributed by atoms with Crippen molar-refractivity contribution in [1.82, 2.24) is 4.98 Å². The number of pyridine rings is 1. The van der Waals surface area contributed by atoms with Crippen molar-refractivity contribution in [1.29, 1.82) is 0 Å². The van der Waals surface area contributed by atoms with Crippen LogP contribution in [0.1, 0.15) is 19.0 Å². The van der Waals surface area contributed by atoms with Gasteiger partial charge < -0.3 is 15.0 Å². The molecule has 1 heterocycles. The van der Waals surface area contributed by atoms with Crippen molar-refractivity contribution < 1.29 is 13.7 Å². The van der Waals surface area contributed by atoms with E-state index in [-0.39, 0.29) is 22.7 Å². The van der Waals surface area contributed by atoms with Crippen molar-refractivity contribution >= 4 is 34.0 Å². The van der Waals surface area contributed by atoms with E-state index >= 15 is 0 Å². The smallest absolute Gasteiger partial charge is 0.237 e. The number of ether oxygens (including phenoxy) is 1. The van der Waals surface area contributed by atoms with Gasteiger partial charge in [0.1, 0.15) is 5.75 Å². The monoisotopic (exact) mass is 382 g/mol. The first-order valence-electron chi connectivity index (χ1n) is 7.73. The summed E-state index contributed by atoms with van der Waals surface area (Å²) < 4.78 is 17.4. The van der Waals surface area contributed by atoms with Gasteiger partial charge in [-0.25, -0.2) is 0 Å². The maximum atomic E-state index is 12.1. The number of hydrogen-bond acceptors (Lipinski definition) is 4. The van der Waals surface area contributed by atoms with E-state index in [0.29, 0.717) is 23.0 Å². The molecule has 0 bridgehead atoms. The Bertz CT molecular complexity index is 822. The number of anilines is 1. The lowest BCUT2D eigenvalue weighted by molar-refractivity contribution is -0.113. The fourth-order valence-corrected chi connectivity index (χ4v) is 3.19. The van der Waals surface area contributed by atoms with Crippen LogP contribution in [0.15, 0.2) is 41.3 Å². The van der Waals surface area contributed by atoms with Crippen LogP contribution in [0.5, 0.6) is 5.75 Å². The summed E-state index contributed by atoms with van der Waals surface area (Å²) in [6.45, 7) is 2.40. The summed E-state index contributed by atoms with van der Waals surface area (Å²) >= 11 is 5.96. The summed E-state index contributed by atoms with van der Waals surface area (Å²) in [5.74, 6) is -0.301. The highest BCUT2D eigenvalue weighted by Crippen LogP contribution is 2.20. The molecule has 2 aromatic rings. The van der Waals surface area contributed by atoms with Crippen LogP contribution in [0.4, 0.5) is 5.69 Å². The molecule has 2 N–H and O–H groups in total. The van der Waals surface area contributed by atoms with E-state index in [1.807, 2.05) is 6.92 Å². The molecule has 0 saturated carbocycles. The largest absolute Gasteiger partial charge is 0.488 e. The maximum Gasteiger partial charge on any atom is 0.237 e. The highest BCUT2D eigenvalue weighted by molar-refractivity contribution is 7.84. The molecule has 6 nitrogen and oxygen atoms in total. The van der Waals surface area contributed by atoms with Crippen molar-refractivity contribution in [3.63, 3.8) is 0 Å². The zero-order valence-corrected chi connectivity index (χ0v) is 15.3. The normalized spacial score (nSPS) is 11.8. The summed E-state index contributed by atoms with van der Waals surface area (Å²) in [7, 11) is -1.47. The maximum absolute atomic E-state index is 12.1. The van der Waals surface area contributed by atoms with Crippen molar-refractivity contribution in [2.45, 2.75) is 19.1 Å². The highest BCUT2D eigenvalue weighted by Gasteiger charge is 2.12. The van der Waals surface area contributed by atoms with Gasteiger partial charge in [-0.3, -0.25) is 13.8 Å². The van der Waals surface area contributed by atoms with Crippen molar-refractivity contribution in [2.24, 2.45) is 0 Å². The molecule has 1 atom stereocenters. The van der Waals surface area contributed by atoms with Gasteiger partial charge in [0.2, 0.25) is 11.3 Å². The Labute approximate surface area is 153 Å². The fourth-order valence-electron chi connectivity index (χ4n) is 2.03. The Morgan fingerprint density at radius 1 is 1.36 bits per heavy atom. The number of carbonyl (C=O) groups excluding carboxylic acids is 1. The zero-order valence-electron chi connectivity index (χ0n) is 13.7. The summed E-state index contributed by atoms with van der Waals surface area (Å²) in [5.41, 5.74) is 0.675. The van der Waals surface area contributed by atoms with Crippen LogP contribution in [0.2, 0.25) is 5.02 Å². The number of benzene rings is 1. The van der Waals surface area contributed by atoms with Gasteiger partial charge in [-0.15, -0.1) is 0 Å². The molecule has 2 rings (SSSR count). The fraction of sp³-hybridized carbons (Fsp3) is 0.294. The average molecular weight is 383 g/mol. The molecular formula is C17H19ClN2O4S. The van der Waals surface area contributed by atoms with E-state index in [1.54, 1.807) is 24.3 Å². The number of para-hydroxylation sites is 1. The van der Waals surface area contributed by atoms with Crippen molar-refractivity contribution in [2.75, 3.05) is 17.7 Å². The Kier molecular flexibility index (Phi) is 7.21. The summed E-state index contributed by atoms with van der Waals surface area (Å²) in [5, 5.41) is 3.03. The number of nitrogens with one attached hydrogen (secondary N) is 2. The molecule has 0 radical (unpaired) electrons. The number of H-pyrrole nitrogens is 1. The van der Waals surface area contributed by atoms with Gasteiger partial charge >= 0.3 is 0 Å². The number of halogens is 1. The van der Waals surface area contributed by atoms with E-state index < -0.39 is 16.7 Å². The van der Waals surface area contributed by atoms with Crippen LogP contribution in [-0.2, 0) is 21.3 Å². The third kappa shape index (κ3) is 6.03. The summed E-state index contributed by atoms with van der Waals surface area (Å²) in [6.07, 6.45) is 2.25. The first kappa shape index (κ1) is 19.2. The van der Waals surface area contributed by atoms with Gasteiger partial charge in [0.05, 0.1) is 23.1 Å². The number of amides is 1. The van der Waals surface area contributed by atoms with Gasteiger partial charge in [0.15, 0.2) is 5.75 Å². The number of rotatable bonds is 8. The van der Waals surface area contributed by atoms with Crippen LogP contribution < -0.4 is 15.5 Å². The molecule has 8 heteroatoms. The number of hydrogen-bond donors (Lipinski definition) is 2. The Morgan fingerprint density at radius 3 is 2.80 bits per heavy atom. The first-order valence-corrected chi connectivity index (χ1v) is 9.60. The topological polar surface area (TPSA) is 88.3 Å². The molecule has 0 spiro atoms. The Hall–Kier alpha value is -2.12. The quantitative estimate of drug-likeness (QED) is 0.734. The second-order valence-electron chi connectivity index (χ2n) is 5.29. The second-order valence-corrected chi connectivity index (χ2v) is 7.16. The van der Waals surface area contributed by atoms with Crippen LogP contribution >= 0.6 is 11.6 Å². The lowest BCUT2D eigenvalue weighted by Crippen LogP contribution is -2.21. The van der Waals surface area contributed by atoms with Gasteiger partial charge in [-0.05, 0) is 18.6 Å². The second kappa shape index (κ2) is 9.39. The SMILES string of the molecule is CCCOc1c[nH]c(CS(=O)CC(=O)Nc2ccccc2Cl)cc1=O. The molecule has 0 aliphatic rings. The van der Waals surface area contributed by atoms with E-state index in [1.165, 1.54) is 12.3 Å². The molecule has 1 aromatic carbocycles. The van der Waals surface area contributed by atoms with Crippen LogP contribution in [-0.4, -0.2) is 27.5 Å².